The third-order valence-corrected chi connectivity index (χ3v) is 3.70. The van der Waals surface area contributed by atoms with Gasteiger partial charge in [0.15, 0.2) is 11.7 Å². The van der Waals surface area contributed by atoms with Gasteiger partial charge in [-0.1, -0.05) is 17.7 Å². The number of aromatic nitrogens is 2. The summed E-state index contributed by atoms with van der Waals surface area (Å²) in [5.74, 6) is -1.70. The Morgan fingerprint density at radius 2 is 2.33 bits per heavy atom. The highest BCUT2D eigenvalue weighted by Gasteiger charge is 2.28. The van der Waals surface area contributed by atoms with Crippen molar-refractivity contribution in [2.45, 2.75) is 25.4 Å². The Kier molecular flexibility index (Phi) is 5.85. The van der Waals surface area contributed by atoms with Crippen molar-refractivity contribution in [2.75, 3.05) is 6.61 Å². The third-order valence-electron chi connectivity index (χ3n) is 3.46. The van der Waals surface area contributed by atoms with E-state index >= 15 is 0 Å². The van der Waals surface area contributed by atoms with Gasteiger partial charge in [0.2, 0.25) is 0 Å². The van der Waals surface area contributed by atoms with E-state index in [1.54, 1.807) is 19.1 Å². The lowest BCUT2D eigenvalue weighted by Gasteiger charge is -2.15. The molecule has 1 N–H and O–H groups in total. The van der Waals surface area contributed by atoms with E-state index in [1.807, 2.05) is 6.07 Å². The monoisotopic (exact) mass is 345 g/mol. The Morgan fingerprint density at radius 1 is 1.58 bits per heavy atom. The quantitative estimate of drug-likeness (QED) is 0.614. The fourth-order valence-electron chi connectivity index (χ4n) is 2.17. The van der Waals surface area contributed by atoms with Gasteiger partial charge >= 0.3 is 0 Å². The summed E-state index contributed by atoms with van der Waals surface area (Å²) in [6, 6.07) is 6.50. The zero-order chi connectivity index (χ0) is 17.7. The molecule has 6 nitrogen and oxygen atoms in total. The van der Waals surface area contributed by atoms with Crippen LogP contribution < -0.4 is 5.56 Å². The molecule has 0 saturated heterocycles. The second-order valence-electron chi connectivity index (χ2n) is 5.17. The van der Waals surface area contributed by atoms with Crippen molar-refractivity contribution in [3.8, 4) is 6.07 Å². The molecule has 0 spiro atoms. The first kappa shape index (κ1) is 17.9. The van der Waals surface area contributed by atoms with E-state index in [0.29, 0.717) is 29.0 Å². The lowest BCUT2D eigenvalue weighted by Crippen LogP contribution is -2.29. The zero-order valence-corrected chi connectivity index (χ0v) is 13.8. The van der Waals surface area contributed by atoms with Crippen LogP contribution in [0.15, 0.2) is 35.6 Å². The Balaban J connectivity index is 2.35. The van der Waals surface area contributed by atoms with Crippen LogP contribution in [0.2, 0.25) is 5.02 Å². The molecule has 24 heavy (non-hydrogen) atoms. The van der Waals surface area contributed by atoms with Crippen LogP contribution in [0.5, 0.6) is 0 Å². The molecular formula is C17H16ClN3O3. The number of halogens is 1. The fraction of sp³-hybridized carbons (Fsp3) is 0.294. The average Bonchev–Trinajstić information content (AvgIpc) is 2.55. The minimum atomic E-state index is -1.22. The third kappa shape index (κ3) is 3.88. The lowest BCUT2D eigenvalue weighted by molar-refractivity contribution is -0.129. The van der Waals surface area contributed by atoms with Gasteiger partial charge in [0.05, 0.1) is 23.6 Å². The van der Waals surface area contributed by atoms with Gasteiger partial charge in [-0.25, -0.2) is 4.98 Å². The van der Waals surface area contributed by atoms with Crippen LogP contribution in [-0.4, -0.2) is 28.5 Å². The summed E-state index contributed by atoms with van der Waals surface area (Å²) >= 11 is 5.91. The first-order valence-corrected chi connectivity index (χ1v) is 7.71. The second kappa shape index (κ2) is 7.86. The van der Waals surface area contributed by atoms with Crippen molar-refractivity contribution in [2.24, 2.45) is 0 Å². The Morgan fingerprint density at radius 3 is 3.00 bits per heavy atom. The molecule has 124 valence electrons. The maximum absolute atomic E-state index is 12.4. The molecule has 0 fully saturated rings. The van der Waals surface area contributed by atoms with Gasteiger partial charge in [0, 0.05) is 5.02 Å². The summed E-state index contributed by atoms with van der Waals surface area (Å²) in [5, 5.41) is 10.1. The number of nitriles is 1. The standard InChI is InChI=1S/C17H16ClN3O3/c1-3-4-7-24-10(2)15(22)13(9-19)16-20-14-8-11(18)5-6-12(14)17(23)21-16/h3,5-6,8,10,13H,1,4,7H2,2H3,(H,20,21,23)/t10-,13+/m1/s1. The molecule has 1 aromatic heterocycles. The molecule has 0 radical (unpaired) electrons. The van der Waals surface area contributed by atoms with E-state index in [9.17, 15) is 14.9 Å². The summed E-state index contributed by atoms with van der Waals surface area (Å²) < 4.78 is 5.37. The first-order chi connectivity index (χ1) is 11.5. The maximum atomic E-state index is 12.4. The molecule has 0 aliphatic carbocycles. The number of rotatable bonds is 7. The van der Waals surface area contributed by atoms with E-state index in [4.69, 9.17) is 16.3 Å². The number of nitrogens with zero attached hydrogens (tertiary/aromatic N) is 2. The topological polar surface area (TPSA) is 95.8 Å². The molecular weight excluding hydrogens is 330 g/mol. The molecule has 0 bridgehead atoms. The van der Waals surface area contributed by atoms with E-state index in [0.717, 1.165) is 0 Å². The molecule has 1 heterocycles. The molecule has 0 aliphatic rings. The summed E-state index contributed by atoms with van der Waals surface area (Å²) in [4.78, 5) is 31.3. The molecule has 2 rings (SSSR count). The van der Waals surface area contributed by atoms with Crippen molar-refractivity contribution in [3.05, 3.63) is 52.1 Å². The SMILES string of the molecule is C=CCCO[C@H](C)C(=O)[C@H](C#N)c1nc2cc(Cl)ccc2c(=O)[nH]1. The number of fused-ring (bicyclic) bond motifs is 1. The van der Waals surface area contributed by atoms with E-state index in [2.05, 4.69) is 16.5 Å². The molecule has 0 amide bonds. The highest BCUT2D eigenvalue weighted by Crippen LogP contribution is 2.19. The molecule has 2 atom stereocenters. The van der Waals surface area contributed by atoms with Crippen LogP contribution in [0.1, 0.15) is 25.1 Å². The molecule has 2 aromatic rings. The number of nitrogens with one attached hydrogen (secondary N) is 1. The molecule has 0 aliphatic heterocycles. The maximum Gasteiger partial charge on any atom is 0.258 e. The first-order valence-electron chi connectivity index (χ1n) is 7.33. The molecule has 0 unspecified atom stereocenters. The number of H-pyrrole nitrogens is 1. The predicted molar refractivity (Wildman–Crippen MR) is 91.0 cm³/mol. The van der Waals surface area contributed by atoms with E-state index in [-0.39, 0.29) is 5.82 Å². The van der Waals surface area contributed by atoms with Crippen molar-refractivity contribution in [3.63, 3.8) is 0 Å². The van der Waals surface area contributed by atoms with Gasteiger partial charge in [-0.15, -0.1) is 6.58 Å². The minimum absolute atomic E-state index is 0.0126. The zero-order valence-electron chi connectivity index (χ0n) is 13.1. The number of Topliss-reactive ketones (excluding diaryl/α,β-unsaturated/α-hetero) is 1. The molecule has 7 heteroatoms. The van der Waals surface area contributed by atoms with Crippen molar-refractivity contribution >= 4 is 28.3 Å². The number of ether oxygens (including phenoxy) is 1. The highest BCUT2D eigenvalue weighted by molar-refractivity contribution is 6.31. The number of hydrogen-bond acceptors (Lipinski definition) is 5. The minimum Gasteiger partial charge on any atom is -0.370 e. The number of aromatic amines is 1. The number of hydrogen-bond donors (Lipinski definition) is 1. The van der Waals surface area contributed by atoms with E-state index < -0.39 is 23.4 Å². The smallest absolute Gasteiger partial charge is 0.258 e. The van der Waals surface area contributed by atoms with Crippen molar-refractivity contribution in [1.82, 2.24) is 9.97 Å². The van der Waals surface area contributed by atoms with Crippen LogP contribution in [0.25, 0.3) is 10.9 Å². The van der Waals surface area contributed by atoms with Crippen molar-refractivity contribution in [1.29, 1.82) is 5.26 Å². The number of carbonyl (C=O) groups excluding carboxylic acids is 1. The normalized spacial score (nSPS) is 13.2. The molecule has 1 aromatic carbocycles. The lowest BCUT2D eigenvalue weighted by atomic mass is 10.0. The summed E-state index contributed by atoms with van der Waals surface area (Å²) in [7, 11) is 0. The van der Waals surface area contributed by atoms with Gasteiger partial charge in [0.25, 0.3) is 5.56 Å². The number of benzene rings is 1. The largest absolute Gasteiger partial charge is 0.370 e. The van der Waals surface area contributed by atoms with Gasteiger partial charge in [0.1, 0.15) is 11.9 Å². The summed E-state index contributed by atoms with van der Waals surface area (Å²) in [6.07, 6.45) is 1.47. The van der Waals surface area contributed by atoms with Crippen LogP contribution in [0, 0.1) is 11.3 Å². The average molecular weight is 346 g/mol. The Bertz CT molecular complexity index is 869. The van der Waals surface area contributed by atoms with Gasteiger partial charge in [-0.2, -0.15) is 5.26 Å². The Labute approximate surface area is 143 Å². The van der Waals surface area contributed by atoms with Gasteiger partial charge in [-0.05, 0) is 31.5 Å². The van der Waals surface area contributed by atoms with E-state index in [1.165, 1.54) is 12.1 Å². The number of ketones is 1. The van der Waals surface area contributed by atoms with Crippen LogP contribution in [0.4, 0.5) is 0 Å². The van der Waals surface area contributed by atoms with Gasteiger partial charge in [-0.3, -0.25) is 9.59 Å². The summed E-state index contributed by atoms with van der Waals surface area (Å²) in [6.45, 7) is 5.46. The van der Waals surface area contributed by atoms with Crippen LogP contribution >= 0.6 is 11.6 Å². The molecule has 0 saturated carbocycles. The fourth-order valence-corrected chi connectivity index (χ4v) is 2.34. The van der Waals surface area contributed by atoms with Crippen LogP contribution in [-0.2, 0) is 9.53 Å². The second-order valence-corrected chi connectivity index (χ2v) is 5.60. The number of carbonyl (C=O) groups is 1. The highest BCUT2D eigenvalue weighted by atomic mass is 35.5. The predicted octanol–water partition coefficient (Wildman–Crippen LogP) is 2.73. The summed E-state index contributed by atoms with van der Waals surface area (Å²) in [5.41, 5.74) is -0.102. The van der Waals surface area contributed by atoms with Crippen LogP contribution in [0.3, 0.4) is 0 Å². The van der Waals surface area contributed by atoms with Gasteiger partial charge < -0.3 is 9.72 Å². The van der Waals surface area contributed by atoms with Crippen molar-refractivity contribution < 1.29 is 9.53 Å². The Hall–Kier alpha value is -2.49.